The van der Waals surface area contributed by atoms with Gasteiger partial charge in [-0.1, -0.05) is 99.7 Å². The Balaban J connectivity index is 1.24. The van der Waals surface area contributed by atoms with Crippen molar-refractivity contribution in [1.29, 1.82) is 5.26 Å². The van der Waals surface area contributed by atoms with Crippen LogP contribution in [0.4, 0.5) is 0 Å². The molecule has 2 aromatic heterocycles. The molecule has 2 aliphatic carbocycles. The highest BCUT2D eigenvalue weighted by Crippen LogP contribution is 2.52. The van der Waals surface area contributed by atoms with Crippen molar-refractivity contribution in [2.24, 2.45) is 0 Å². The molecule has 214 valence electrons. The Kier molecular flexibility index (Phi) is 6.03. The van der Waals surface area contributed by atoms with Crippen LogP contribution in [0.5, 0.6) is 0 Å². The van der Waals surface area contributed by atoms with Crippen molar-refractivity contribution in [2.75, 3.05) is 0 Å². The Hall–Kier alpha value is -5.07. The lowest BCUT2D eigenvalue weighted by Crippen LogP contribution is -2.14. The fourth-order valence-corrected chi connectivity index (χ4v) is 7.74. The number of aryl methyl sites for hydroxylation is 1. The molecule has 0 saturated heterocycles. The lowest BCUT2D eigenvalue weighted by atomic mass is 9.82. The highest BCUT2D eigenvalue weighted by molar-refractivity contribution is 6.01. The minimum Gasteiger partial charge on any atom is -0.456 e. The van der Waals surface area contributed by atoms with Crippen molar-refractivity contribution in [3.63, 3.8) is 0 Å². The third-order valence-corrected chi connectivity index (χ3v) is 9.84. The van der Waals surface area contributed by atoms with Crippen LogP contribution in [-0.4, -0.2) is 4.57 Å². The van der Waals surface area contributed by atoms with Crippen molar-refractivity contribution >= 4 is 34.0 Å². The fourth-order valence-electron chi connectivity index (χ4n) is 7.74. The van der Waals surface area contributed by atoms with Gasteiger partial charge in [-0.2, -0.15) is 5.26 Å². The summed E-state index contributed by atoms with van der Waals surface area (Å²) in [6.07, 6.45) is 12.3. The predicted octanol–water partition coefficient (Wildman–Crippen LogP) is 10.3. The van der Waals surface area contributed by atoms with Crippen molar-refractivity contribution in [3.05, 3.63) is 136 Å². The average Bonchev–Trinajstić information content (AvgIpc) is 3.66. The van der Waals surface area contributed by atoms with Gasteiger partial charge < -0.3 is 8.98 Å². The molecule has 44 heavy (non-hydrogen) atoms. The van der Waals surface area contributed by atoms with Gasteiger partial charge in [0.1, 0.15) is 11.3 Å². The topological polar surface area (TPSA) is 41.9 Å². The normalized spacial score (nSPS) is 14.7. The van der Waals surface area contributed by atoms with Crippen molar-refractivity contribution in [3.8, 4) is 22.9 Å². The Labute approximate surface area is 258 Å². The fraction of sp³-hybridized carbons (Fsp3) is 0.195. The summed E-state index contributed by atoms with van der Waals surface area (Å²) >= 11 is 0. The number of nitrogens with zero attached hydrogens (tertiary/aromatic N) is 2. The summed E-state index contributed by atoms with van der Waals surface area (Å²) in [4.78, 5) is 0. The second-order valence-corrected chi connectivity index (χ2v) is 12.5. The number of para-hydroxylation sites is 1. The summed E-state index contributed by atoms with van der Waals surface area (Å²) in [5, 5.41) is 12.6. The van der Waals surface area contributed by atoms with Crippen molar-refractivity contribution in [1.82, 2.24) is 4.57 Å². The summed E-state index contributed by atoms with van der Waals surface area (Å²) in [7, 11) is 0. The van der Waals surface area contributed by atoms with E-state index in [-0.39, 0.29) is 5.41 Å². The zero-order chi connectivity index (χ0) is 30.0. The zero-order valence-corrected chi connectivity index (χ0v) is 25.4. The van der Waals surface area contributed by atoms with E-state index in [4.69, 9.17) is 4.42 Å². The Morgan fingerprint density at radius 3 is 2.61 bits per heavy atom. The van der Waals surface area contributed by atoms with E-state index in [9.17, 15) is 5.26 Å². The second kappa shape index (κ2) is 10.00. The number of hydrogen-bond donors (Lipinski definition) is 0. The van der Waals surface area contributed by atoms with Crippen molar-refractivity contribution < 1.29 is 4.42 Å². The summed E-state index contributed by atoms with van der Waals surface area (Å²) in [5.41, 5.74) is 13.9. The van der Waals surface area contributed by atoms with Crippen LogP contribution < -0.4 is 0 Å². The van der Waals surface area contributed by atoms with Gasteiger partial charge in [0.15, 0.2) is 0 Å². The molecule has 2 aliphatic rings. The largest absolute Gasteiger partial charge is 0.456 e. The van der Waals surface area contributed by atoms with Crippen LogP contribution in [0.15, 0.2) is 95.4 Å². The standard InChI is InChI=1S/C41H34N2O/c1-4-27-31-23-24-34-39(32-16-5-8-18-33(32)41(34,2)3)40(31)44-38(27)22-12-17-28-26(25-42)13-11-21-35(28)43-36-19-9-6-14-29(36)30-15-7-10-20-37(30)43/h5-9,11-16,18-19,21-24H,4,10,17,20H2,1-3H3/b22-12-. The third kappa shape index (κ3) is 3.74. The van der Waals surface area contributed by atoms with Gasteiger partial charge in [0.25, 0.3) is 0 Å². The van der Waals surface area contributed by atoms with E-state index >= 15 is 0 Å². The molecule has 3 heteroatoms. The van der Waals surface area contributed by atoms with E-state index in [1.807, 2.05) is 12.1 Å². The number of hydrogen-bond acceptors (Lipinski definition) is 2. The van der Waals surface area contributed by atoms with Gasteiger partial charge in [0.2, 0.25) is 0 Å². The van der Waals surface area contributed by atoms with Crippen LogP contribution in [-0.2, 0) is 24.7 Å². The number of aromatic nitrogens is 1. The number of furan rings is 1. The summed E-state index contributed by atoms with van der Waals surface area (Å²) in [5.74, 6) is 0.906. The highest BCUT2D eigenvalue weighted by Gasteiger charge is 2.37. The molecule has 3 nitrogen and oxygen atoms in total. The number of rotatable bonds is 5. The monoisotopic (exact) mass is 570 g/mol. The third-order valence-electron chi connectivity index (χ3n) is 9.84. The molecule has 0 saturated carbocycles. The second-order valence-electron chi connectivity index (χ2n) is 12.5. The number of allylic oxidation sites excluding steroid dienone is 2. The van der Waals surface area contributed by atoms with Gasteiger partial charge in [-0.3, -0.25) is 0 Å². The smallest absolute Gasteiger partial charge is 0.143 e. The number of fused-ring (bicyclic) bond motifs is 8. The molecule has 2 heterocycles. The Bertz CT molecular complexity index is 2230. The SMILES string of the molecule is CCc1c(/C=C\Cc2c(C#N)cccc2-n2c3c(c4ccccc42)C=CCC3)oc2c3c(ccc12)C(C)(C)c1ccccc1-3. The lowest BCUT2D eigenvalue weighted by molar-refractivity contribution is 0.598. The van der Waals surface area contributed by atoms with Crippen LogP contribution >= 0.6 is 0 Å². The molecule has 0 atom stereocenters. The molecule has 0 N–H and O–H groups in total. The van der Waals surface area contributed by atoms with Crippen molar-refractivity contribution in [2.45, 2.75) is 51.9 Å². The Morgan fingerprint density at radius 1 is 0.909 bits per heavy atom. The van der Waals surface area contributed by atoms with Gasteiger partial charge in [-0.15, -0.1) is 0 Å². The maximum atomic E-state index is 10.2. The maximum absolute atomic E-state index is 10.2. The van der Waals surface area contributed by atoms with Gasteiger partial charge in [-0.05, 0) is 72.2 Å². The van der Waals surface area contributed by atoms with E-state index in [0.29, 0.717) is 12.0 Å². The molecule has 0 amide bonds. The molecule has 0 fully saturated rings. The van der Waals surface area contributed by atoms with Gasteiger partial charge in [-0.25, -0.2) is 0 Å². The molecule has 0 bridgehead atoms. The van der Waals surface area contributed by atoms with E-state index in [1.165, 1.54) is 55.4 Å². The average molecular weight is 571 g/mol. The zero-order valence-electron chi connectivity index (χ0n) is 25.4. The van der Waals surface area contributed by atoms with Gasteiger partial charge in [0, 0.05) is 38.6 Å². The first-order valence-corrected chi connectivity index (χ1v) is 15.7. The first-order valence-electron chi connectivity index (χ1n) is 15.7. The molecule has 4 aromatic carbocycles. The van der Waals surface area contributed by atoms with Crippen LogP contribution in [0, 0.1) is 11.3 Å². The molecule has 0 aliphatic heterocycles. The summed E-state index contributed by atoms with van der Waals surface area (Å²) < 4.78 is 9.14. The van der Waals surface area contributed by atoms with Crippen LogP contribution in [0.1, 0.15) is 72.0 Å². The molecule has 8 rings (SSSR count). The van der Waals surface area contributed by atoms with Gasteiger partial charge in [0.05, 0.1) is 22.8 Å². The molecular weight excluding hydrogens is 536 g/mol. The molecule has 0 spiro atoms. The summed E-state index contributed by atoms with van der Waals surface area (Å²) in [6, 6.07) is 30.5. The minimum atomic E-state index is -0.0652. The minimum absolute atomic E-state index is 0.0652. The number of nitriles is 1. The van der Waals surface area contributed by atoms with E-state index < -0.39 is 0 Å². The molecular formula is C41H34N2O. The first kappa shape index (κ1) is 26.5. The maximum Gasteiger partial charge on any atom is 0.143 e. The van der Waals surface area contributed by atoms with E-state index in [2.05, 4.69) is 122 Å². The Morgan fingerprint density at radius 2 is 1.75 bits per heavy atom. The first-order chi connectivity index (χ1) is 21.5. The lowest BCUT2D eigenvalue weighted by Gasteiger charge is -2.21. The molecule has 0 radical (unpaired) electrons. The predicted molar refractivity (Wildman–Crippen MR) is 181 cm³/mol. The molecule has 0 unspecified atom stereocenters. The highest BCUT2D eigenvalue weighted by atomic mass is 16.3. The van der Waals surface area contributed by atoms with Crippen LogP contribution in [0.25, 0.3) is 50.8 Å². The van der Waals surface area contributed by atoms with Crippen LogP contribution in [0.3, 0.4) is 0 Å². The van der Waals surface area contributed by atoms with Gasteiger partial charge >= 0.3 is 0 Å². The summed E-state index contributed by atoms with van der Waals surface area (Å²) in [6.45, 7) is 6.81. The molecule has 6 aromatic rings. The van der Waals surface area contributed by atoms with E-state index in [1.54, 1.807) is 0 Å². The quantitative estimate of drug-likeness (QED) is 0.207. The van der Waals surface area contributed by atoms with E-state index in [0.717, 1.165) is 41.9 Å². The number of benzene rings is 4. The van der Waals surface area contributed by atoms with Crippen LogP contribution in [0.2, 0.25) is 0 Å².